The second-order valence-electron chi connectivity index (χ2n) is 5.42. The van der Waals surface area contributed by atoms with Crippen molar-refractivity contribution in [2.24, 2.45) is 0 Å². The molecule has 10 heteroatoms. The van der Waals surface area contributed by atoms with Crippen molar-refractivity contribution in [3.05, 3.63) is 51.6 Å². The quantitative estimate of drug-likeness (QED) is 0.541. The summed E-state index contributed by atoms with van der Waals surface area (Å²) in [6.45, 7) is 2.15. The van der Waals surface area contributed by atoms with E-state index in [1.165, 1.54) is 33.8 Å². The van der Waals surface area contributed by atoms with Crippen LogP contribution in [-0.4, -0.2) is 29.5 Å². The average Bonchev–Trinajstić information content (AvgIpc) is 3.24. The highest BCUT2D eigenvalue weighted by Crippen LogP contribution is 2.27. The van der Waals surface area contributed by atoms with Gasteiger partial charge in [0.05, 0.1) is 16.3 Å². The van der Waals surface area contributed by atoms with Gasteiger partial charge >= 0.3 is 0 Å². The number of rotatable bonds is 7. The smallest absolute Gasteiger partial charge is 0.257 e. The minimum absolute atomic E-state index is 0.0291. The Morgan fingerprint density at radius 3 is 2.54 bits per heavy atom. The Hall–Kier alpha value is -1.45. The zero-order chi connectivity index (χ0) is 18.7. The average molecular weight is 432 g/mol. The van der Waals surface area contributed by atoms with Crippen LogP contribution >= 0.6 is 34.5 Å². The molecular weight excluding hydrogens is 417 g/mol. The van der Waals surface area contributed by atoms with Crippen molar-refractivity contribution in [1.82, 2.24) is 14.5 Å². The lowest BCUT2D eigenvalue weighted by atomic mass is 10.4. The SMILES string of the molecule is CCCN(Cc1nnc(-c2cccs2)o1)S(=O)(=O)c1cc(Cl)cc(Cl)c1. The summed E-state index contributed by atoms with van der Waals surface area (Å²) in [6.07, 6.45) is 0.624. The number of hydrogen-bond acceptors (Lipinski definition) is 6. The molecule has 0 atom stereocenters. The molecule has 0 N–H and O–H groups in total. The number of benzene rings is 1. The summed E-state index contributed by atoms with van der Waals surface area (Å²) >= 11 is 13.4. The molecule has 3 aromatic rings. The van der Waals surface area contributed by atoms with E-state index < -0.39 is 10.0 Å². The summed E-state index contributed by atoms with van der Waals surface area (Å²) in [6, 6.07) is 7.96. The van der Waals surface area contributed by atoms with Crippen molar-refractivity contribution in [1.29, 1.82) is 0 Å². The van der Waals surface area contributed by atoms with Gasteiger partial charge in [0, 0.05) is 16.6 Å². The normalized spacial score (nSPS) is 12.0. The first-order valence-corrected chi connectivity index (χ1v) is 10.8. The topological polar surface area (TPSA) is 76.3 Å². The van der Waals surface area contributed by atoms with Gasteiger partial charge in [0.1, 0.15) is 0 Å². The minimum Gasteiger partial charge on any atom is -0.418 e. The van der Waals surface area contributed by atoms with Crippen molar-refractivity contribution in [2.45, 2.75) is 24.8 Å². The van der Waals surface area contributed by atoms with Gasteiger partial charge in [-0.3, -0.25) is 0 Å². The fourth-order valence-corrected chi connectivity index (χ4v) is 5.18. The number of nitrogens with zero attached hydrogens (tertiary/aromatic N) is 3. The Kier molecular flexibility index (Phi) is 5.99. The molecular formula is C16H15Cl2N3O3S2. The van der Waals surface area contributed by atoms with Crippen LogP contribution in [0.15, 0.2) is 45.0 Å². The molecule has 0 radical (unpaired) electrons. The predicted molar refractivity (Wildman–Crippen MR) is 102 cm³/mol. The molecule has 0 saturated heterocycles. The monoisotopic (exact) mass is 431 g/mol. The second-order valence-corrected chi connectivity index (χ2v) is 9.18. The number of halogens is 2. The molecule has 2 heterocycles. The fourth-order valence-electron chi connectivity index (χ4n) is 2.33. The molecule has 1 aromatic carbocycles. The van der Waals surface area contributed by atoms with Crippen LogP contribution < -0.4 is 0 Å². The third kappa shape index (κ3) is 4.27. The first-order valence-electron chi connectivity index (χ1n) is 7.72. The first-order chi connectivity index (χ1) is 12.4. The molecule has 0 aliphatic rings. The third-order valence-corrected chi connectivity index (χ3v) is 6.57. The zero-order valence-electron chi connectivity index (χ0n) is 13.7. The van der Waals surface area contributed by atoms with Gasteiger partial charge < -0.3 is 4.42 Å². The molecule has 0 aliphatic carbocycles. The second kappa shape index (κ2) is 8.06. The maximum absolute atomic E-state index is 13.0. The van der Waals surface area contributed by atoms with E-state index in [-0.39, 0.29) is 27.4 Å². The Morgan fingerprint density at radius 2 is 1.92 bits per heavy atom. The largest absolute Gasteiger partial charge is 0.418 e. The van der Waals surface area contributed by atoms with Gasteiger partial charge in [0.2, 0.25) is 15.9 Å². The van der Waals surface area contributed by atoms with Crippen LogP contribution in [0, 0.1) is 0 Å². The molecule has 26 heavy (non-hydrogen) atoms. The van der Waals surface area contributed by atoms with Gasteiger partial charge in [-0.25, -0.2) is 8.42 Å². The highest BCUT2D eigenvalue weighted by Gasteiger charge is 2.27. The van der Waals surface area contributed by atoms with Crippen molar-refractivity contribution in [2.75, 3.05) is 6.54 Å². The third-order valence-electron chi connectivity index (χ3n) is 3.46. The summed E-state index contributed by atoms with van der Waals surface area (Å²) < 4.78 is 32.9. The lowest BCUT2D eigenvalue weighted by molar-refractivity contribution is 0.357. The zero-order valence-corrected chi connectivity index (χ0v) is 16.9. The van der Waals surface area contributed by atoms with Gasteiger partial charge in [-0.05, 0) is 36.1 Å². The maximum atomic E-state index is 13.0. The maximum Gasteiger partial charge on any atom is 0.257 e. The van der Waals surface area contributed by atoms with Gasteiger partial charge in [0.25, 0.3) is 5.89 Å². The van der Waals surface area contributed by atoms with Crippen LogP contribution in [0.3, 0.4) is 0 Å². The molecule has 138 valence electrons. The predicted octanol–water partition coefficient (Wildman–Crippen LogP) is 4.71. The molecule has 0 unspecified atom stereocenters. The summed E-state index contributed by atoms with van der Waals surface area (Å²) in [4.78, 5) is 0.858. The molecule has 0 saturated carbocycles. The van der Waals surface area contributed by atoms with Crippen molar-refractivity contribution >= 4 is 44.6 Å². The first kappa shape index (κ1) is 19.3. The molecule has 6 nitrogen and oxygen atoms in total. The van der Waals surface area contributed by atoms with Gasteiger partial charge in [-0.1, -0.05) is 36.2 Å². The van der Waals surface area contributed by atoms with Crippen LogP contribution in [0.2, 0.25) is 10.0 Å². The number of sulfonamides is 1. The van der Waals surface area contributed by atoms with E-state index in [1.54, 1.807) is 0 Å². The molecule has 0 bridgehead atoms. The molecule has 2 aromatic heterocycles. The Bertz CT molecular complexity index is 968. The van der Waals surface area contributed by atoms with E-state index in [2.05, 4.69) is 10.2 Å². The van der Waals surface area contributed by atoms with Gasteiger partial charge in [-0.15, -0.1) is 21.5 Å². The molecule has 0 amide bonds. The minimum atomic E-state index is -3.81. The van der Waals surface area contributed by atoms with E-state index in [0.717, 1.165) is 4.88 Å². The van der Waals surface area contributed by atoms with Crippen LogP contribution in [0.25, 0.3) is 10.8 Å². The van der Waals surface area contributed by atoms with Crippen LogP contribution in [0.1, 0.15) is 19.2 Å². The molecule has 0 aliphatic heterocycles. The number of aromatic nitrogens is 2. The van der Waals surface area contributed by atoms with E-state index in [0.29, 0.717) is 18.9 Å². The Morgan fingerprint density at radius 1 is 1.19 bits per heavy atom. The highest BCUT2D eigenvalue weighted by atomic mass is 35.5. The lowest BCUT2D eigenvalue weighted by Crippen LogP contribution is -2.31. The van der Waals surface area contributed by atoms with Crippen molar-refractivity contribution in [3.8, 4) is 10.8 Å². The summed E-state index contributed by atoms with van der Waals surface area (Å²) in [7, 11) is -3.81. The van der Waals surface area contributed by atoms with Crippen LogP contribution in [-0.2, 0) is 16.6 Å². The van der Waals surface area contributed by atoms with Crippen LogP contribution in [0.5, 0.6) is 0 Å². The molecule has 3 rings (SSSR count). The number of thiophene rings is 1. The van der Waals surface area contributed by atoms with Crippen molar-refractivity contribution in [3.63, 3.8) is 0 Å². The van der Waals surface area contributed by atoms with E-state index in [9.17, 15) is 8.42 Å². The van der Waals surface area contributed by atoms with Gasteiger partial charge in [-0.2, -0.15) is 4.31 Å². The fraction of sp³-hybridized carbons (Fsp3) is 0.250. The number of hydrogen-bond donors (Lipinski definition) is 0. The highest BCUT2D eigenvalue weighted by molar-refractivity contribution is 7.89. The van der Waals surface area contributed by atoms with Crippen LogP contribution in [0.4, 0.5) is 0 Å². The lowest BCUT2D eigenvalue weighted by Gasteiger charge is -2.20. The Balaban J connectivity index is 1.89. The van der Waals surface area contributed by atoms with Crippen molar-refractivity contribution < 1.29 is 12.8 Å². The van der Waals surface area contributed by atoms with E-state index in [1.807, 2.05) is 24.4 Å². The summed E-state index contributed by atoms with van der Waals surface area (Å²) in [5.41, 5.74) is 0. The standard InChI is InChI=1S/C16H15Cl2N3O3S2/c1-2-5-21(26(22,23)13-8-11(17)7-12(18)9-13)10-15-19-20-16(24-15)14-4-3-6-25-14/h3-4,6-9H,2,5,10H2,1H3. The summed E-state index contributed by atoms with van der Waals surface area (Å²) in [5.74, 6) is 0.591. The molecule has 0 fully saturated rings. The van der Waals surface area contributed by atoms with E-state index >= 15 is 0 Å². The summed E-state index contributed by atoms with van der Waals surface area (Å²) in [5, 5.41) is 10.4. The van der Waals surface area contributed by atoms with Gasteiger partial charge in [0.15, 0.2) is 0 Å². The Labute approximate surface area is 165 Å². The molecule has 0 spiro atoms. The van der Waals surface area contributed by atoms with E-state index in [4.69, 9.17) is 27.6 Å².